The lowest BCUT2D eigenvalue weighted by Crippen LogP contribution is -2.19. The largest absolute Gasteiger partial charge is 0.0890 e. The van der Waals surface area contributed by atoms with Gasteiger partial charge in [-0.2, -0.15) is 0 Å². The van der Waals surface area contributed by atoms with E-state index in [4.69, 9.17) is 0 Å². The number of rotatable bonds is 2. The van der Waals surface area contributed by atoms with Crippen LogP contribution in [-0.2, 0) is 0 Å². The fourth-order valence-electron chi connectivity index (χ4n) is 0.939. The summed E-state index contributed by atoms with van der Waals surface area (Å²) >= 11 is 0. The molecule has 0 rings (SSSR count). The Labute approximate surface area is 60.0 Å². The maximum absolute atomic E-state index is 2.40. The Hall–Kier alpha value is -0.0431. The van der Waals surface area contributed by atoms with E-state index in [-0.39, 0.29) is 0 Å². The quantitative estimate of drug-likeness (QED) is 0.410. The minimum absolute atomic E-state index is 0.810. The summed E-state index contributed by atoms with van der Waals surface area (Å²) in [7, 11) is -0.810. The molecule has 0 amide bonds. The normalized spacial score (nSPS) is 14.1. The molecule has 0 aliphatic rings. The Bertz CT molecular complexity index is 106. The average molecular weight is 142 g/mol. The third-order valence-electron chi connectivity index (χ3n) is 1.30. The molecule has 1 heteroatoms. The van der Waals surface area contributed by atoms with Crippen LogP contribution in [0.5, 0.6) is 0 Å². The maximum atomic E-state index is 2.40. The van der Waals surface area contributed by atoms with Gasteiger partial charge in [0.1, 0.15) is 0 Å². The van der Waals surface area contributed by atoms with Gasteiger partial charge in [0.15, 0.2) is 0 Å². The summed E-state index contributed by atoms with van der Waals surface area (Å²) in [5.74, 6) is 0. The highest BCUT2D eigenvalue weighted by Gasteiger charge is 2.12. The van der Waals surface area contributed by atoms with Crippen molar-refractivity contribution >= 4 is 8.07 Å². The lowest BCUT2D eigenvalue weighted by molar-refractivity contribution is 1.30. The fourth-order valence-corrected chi connectivity index (χ4v) is 2.82. The molecule has 0 aliphatic carbocycles. The van der Waals surface area contributed by atoms with Gasteiger partial charge in [0, 0.05) is 8.07 Å². The second-order valence-electron chi connectivity index (χ2n) is 3.87. The van der Waals surface area contributed by atoms with Crippen LogP contribution >= 0.6 is 0 Å². The van der Waals surface area contributed by atoms with Crippen LogP contribution in [0.25, 0.3) is 0 Å². The van der Waals surface area contributed by atoms with Gasteiger partial charge in [-0.05, 0) is 19.9 Å². The smallest absolute Gasteiger partial charge is 0.0483 e. The van der Waals surface area contributed by atoms with E-state index in [0.717, 1.165) is 0 Å². The van der Waals surface area contributed by atoms with Gasteiger partial charge in [-0.1, -0.05) is 31.3 Å². The Morgan fingerprint density at radius 1 is 1.33 bits per heavy atom. The first-order valence-electron chi connectivity index (χ1n) is 3.57. The van der Waals surface area contributed by atoms with Crippen molar-refractivity contribution in [3.8, 4) is 0 Å². The zero-order valence-electron chi connectivity index (χ0n) is 7.28. The maximum Gasteiger partial charge on any atom is 0.0483 e. The summed E-state index contributed by atoms with van der Waals surface area (Å²) in [5.41, 5.74) is 1.55. The molecule has 0 aliphatic heterocycles. The predicted molar refractivity (Wildman–Crippen MR) is 47.6 cm³/mol. The van der Waals surface area contributed by atoms with Gasteiger partial charge in [0.25, 0.3) is 0 Å². The number of hydrogen-bond donors (Lipinski definition) is 0. The Morgan fingerprint density at radius 3 is 1.89 bits per heavy atom. The van der Waals surface area contributed by atoms with Crippen LogP contribution in [0.4, 0.5) is 0 Å². The van der Waals surface area contributed by atoms with Crippen molar-refractivity contribution in [2.24, 2.45) is 0 Å². The highest BCUT2D eigenvalue weighted by molar-refractivity contribution is 6.76. The van der Waals surface area contributed by atoms with Crippen molar-refractivity contribution in [3.05, 3.63) is 11.6 Å². The average Bonchev–Trinajstić information content (AvgIpc) is 1.62. The van der Waals surface area contributed by atoms with Crippen molar-refractivity contribution in [3.63, 3.8) is 0 Å². The summed E-state index contributed by atoms with van der Waals surface area (Å²) < 4.78 is 0. The molecule has 0 nitrogen and oxygen atoms in total. The van der Waals surface area contributed by atoms with E-state index in [2.05, 4.69) is 39.6 Å². The Balaban J connectivity index is 3.75. The molecule has 0 spiro atoms. The molecular weight excluding hydrogens is 124 g/mol. The van der Waals surface area contributed by atoms with Crippen LogP contribution in [0.1, 0.15) is 13.8 Å². The molecule has 0 aromatic carbocycles. The minimum atomic E-state index is -0.810. The zero-order valence-corrected chi connectivity index (χ0v) is 8.28. The summed E-state index contributed by atoms with van der Waals surface area (Å²) in [4.78, 5) is 0. The Morgan fingerprint density at radius 2 is 1.78 bits per heavy atom. The van der Waals surface area contributed by atoms with Crippen LogP contribution in [0.15, 0.2) is 11.6 Å². The first-order chi connectivity index (χ1) is 3.95. The molecule has 0 bridgehead atoms. The van der Waals surface area contributed by atoms with E-state index in [1.54, 1.807) is 5.57 Å². The van der Waals surface area contributed by atoms with Gasteiger partial charge < -0.3 is 0 Å². The van der Waals surface area contributed by atoms with Crippen LogP contribution in [0.2, 0.25) is 25.7 Å². The molecule has 0 saturated carbocycles. The van der Waals surface area contributed by atoms with Gasteiger partial charge in [-0.15, -0.1) is 0 Å². The number of hydrogen-bond acceptors (Lipinski definition) is 0. The van der Waals surface area contributed by atoms with Gasteiger partial charge in [-0.25, -0.2) is 0 Å². The molecule has 0 N–H and O–H groups in total. The van der Waals surface area contributed by atoms with Crippen molar-refractivity contribution < 1.29 is 0 Å². The molecular formula is C8H18Si. The van der Waals surface area contributed by atoms with Crippen LogP contribution in [0, 0.1) is 0 Å². The molecule has 0 atom stereocenters. The Kier molecular flexibility index (Phi) is 3.19. The van der Waals surface area contributed by atoms with Crippen LogP contribution < -0.4 is 0 Å². The minimum Gasteiger partial charge on any atom is -0.0890 e. The van der Waals surface area contributed by atoms with Crippen molar-refractivity contribution in [1.29, 1.82) is 0 Å². The molecule has 9 heavy (non-hydrogen) atoms. The van der Waals surface area contributed by atoms with E-state index >= 15 is 0 Å². The van der Waals surface area contributed by atoms with Crippen LogP contribution in [-0.4, -0.2) is 8.07 Å². The molecule has 0 fully saturated rings. The molecule has 0 radical (unpaired) electrons. The lowest BCUT2D eigenvalue weighted by Gasteiger charge is -2.15. The number of allylic oxidation sites excluding steroid dienone is 2. The van der Waals surface area contributed by atoms with Crippen molar-refractivity contribution in [1.82, 2.24) is 0 Å². The lowest BCUT2D eigenvalue weighted by atomic mass is 10.3. The first kappa shape index (κ1) is 8.96. The molecule has 0 unspecified atom stereocenters. The fraction of sp³-hybridized carbons (Fsp3) is 0.750. The summed E-state index contributed by atoms with van der Waals surface area (Å²) in [6.45, 7) is 11.5. The van der Waals surface area contributed by atoms with E-state index in [0.29, 0.717) is 0 Å². The van der Waals surface area contributed by atoms with E-state index in [1.807, 2.05) is 0 Å². The van der Waals surface area contributed by atoms with Gasteiger partial charge in [0.2, 0.25) is 0 Å². The SMILES string of the molecule is C/C=C(/C)C[Si](C)(C)C. The monoisotopic (exact) mass is 142 g/mol. The third kappa shape index (κ3) is 5.83. The van der Waals surface area contributed by atoms with Crippen molar-refractivity contribution in [2.45, 2.75) is 39.5 Å². The van der Waals surface area contributed by atoms with Crippen LogP contribution in [0.3, 0.4) is 0 Å². The summed E-state index contributed by atoms with van der Waals surface area (Å²) in [6, 6.07) is 1.35. The predicted octanol–water partition coefficient (Wildman–Crippen LogP) is 3.29. The molecule has 0 aromatic heterocycles. The molecule has 0 saturated heterocycles. The molecule has 0 aromatic rings. The summed E-state index contributed by atoms with van der Waals surface area (Å²) in [6.07, 6.45) is 2.22. The van der Waals surface area contributed by atoms with E-state index in [1.165, 1.54) is 6.04 Å². The highest BCUT2D eigenvalue weighted by Crippen LogP contribution is 2.14. The van der Waals surface area contributed by atoms with Crippen molar-refractivity contribution in [2.75, 3.05) is 0 Å². The second-order valence-corrected chi connectivity index (χ2v) is 9.35. The molecule has 0 heterocycles. The topological polar surface area (TPSA) is 0 Å². The van der Waals surface area contributed by atoms with Gasteiger partial charge in [0.05, 0.1) is 0 Å². The standard InChI is InChI=1S/C8H18Si/c1-6-8(2)7-9(3,4)5/h6H,7H2,1-5H3/b8-6-. The van der Waals surface area contributed by atoms with Gasteiger partial charge in [-0.3, -0.25) is 0 Å². The summed E-state index contributed by atoms with van der Waals surface area (Å²) in [5, 5.41) is 0. The third-order valence-corrected chi connectivity index (χ3v) is 2.92. The zero-order chi connectivity index (χ0) is 7.49. The van der Waals surface area contributed by atoms with Gasteiger partial charge >= 0.3 is 0 Å². The molecule has 54 valence electrons. The highest BCUT2D eigenvalue weighted by atomic mass is 28.3. The first-order valence-corrected chi connectivity index (χ1v) is 7.28. The second kappa shape index (κ2) is 3.21. The van der Waals surface area contributed by atoms with E-state index in [9.17, 15) is 0 Å². The van der Waals surface area contributed by atoms with E-state index < -0.39 is 8.07 Å².